The van der Waals surface area contributed by atoms with Crippen LogP contribution in [0.25, 0.3) is 0 Å². The Kier molecular flexibility index (Phi) is 4.29. The molecular weight excluding hydrogens is 272 g/mol. The highest BCUT2D eigenvalue weighted by atomic mass is 32.2. The minimum absolute atomic E-state index is 0.258. The first-order chi connectivity index (χ1) is 9.51. The van der Waals surface area contributed by atoms with E-state index in [0.29, 0.717) is 11.4 Å². The number of rotatable bonds is 5. The lowest BCUT2D eigenvalue weighted by Gasteiger charge is -2.09. The van der Waals surface area contributed by atoms with E-state index in [2.05, 4.69) is 11.6 Å². The van der Waals surface area contributed by atoms with Crippen LogP contribution in [0.1, 0.15) is 18.9 Å². The standard InChI is InChI=1S/C15H18N2O2S/c1-2-3-12-4-10-15(11-5-12)20(18,19)17-14-8-6-13(16)7-9-14/h4-11,17H,2-3,16H2,1H3. The van der Waals surface area contributed by atoms with Crippen molar-refractivity contribution in [1.29, 1.82) is 0 Å². The largest absolute Gasteiger partial charge is 0.399 e. The molecule has 2 aromatic carbocycles. The molecule has 4 nitrogen and oxygen atoms in total. The molecule has 106 valence electrons. The fraction of sp³-hybridized carbons (Fsp3) is 0.200. The molecule has 0 amide bonds. The zero-order chi connectivity index (χ0) is 14.6. The molecule has 0 fully saturated rings. The van der Waals surface area contributed by atoms with Crippen molar-refractivity contribution in [3.05, 3.63) is 54.1 Å². The lowest BCUT2D eigenvalue weighted by atomic mass is 10.1. The molecule has 2 aromatic rings. The first kappa shape index (κ1) is 14.4. The average molecular weight is 290 g/mol. The van der Waals surface area contributed by atoms with Crippen molar-refractivity contribution in [2.45, 2.75) is 24.7 Å². The van der Waals surface area contributed by atoms with E-state index in [4.69, 9.17) is 5.73 Å². The number of hydrogen-bond donors (Lipinski definition) is 2. The van der Waals surface area contributed by atoms with E-state index in [0.717, 1.165) is 18.4 Å². The minimum atomic E-state index is -3.55. The van der Waals surface area contributed by atoms with E-state index < -0.39 is 10.0 Å². The summed E-state index contributed by atoms with van der Waals surface area (Å²) in [4.78, 5) is 0.258. The van der Waals surface area contributed by atoms with E-state index >= 15 is 0 Å². The number of aryl methyl sites for hydroxylation is 1. The molecule has 3 N–H and O–H groups in total. The number of sulfonamides is 1. The van der Waals surface area contributed by atoms with Crippen molar-refractivity contribution in [2.24, 2.45) is 0 Å². The van der Waals surface area contributed by atoms with Crippen LogP contribution >= 0.6 is 0 Å². The van der Waals surface area contributed by atoms with E-state index in [1.165, 1.54) is 0 Å². The van der Waals surface area contributed by atoms with Gasteiger partial charge in [-0.1, -0.05) is 25.5 Å². The van der Waals surface area contributed by atoms with Gasteiger partial charge in [-0.2, -0.15) is 0 Å². The number of nitrogen functional groups attached to an aromatic ring is 1. The maximum atomic E-state index is 12.2. The number of hydrogen-bond acceptors (Lipinski definition) is 3. The van der Waals surface area contributed by atoms with Crippen LogP contribution in [0.4, 0.5) is 11.4 Å². The highest BCUT2D eigenvalue weighted by Gasteiger charge is 2.13. The summed E-state index contributed by atoms with van der Waals surface area (Å²) in [6.45, 7) is 2.09. The highest BCUT2D eigenvalue weighted by molar-refractivity contribution is 7.92. The Balaban J connectivity index is 2.19. The number of benzene rings is 2. The third kappa shape index (κ3) is 3.51. The smallest absolute Gasteiger partial charge is 0.261 e. The second-order valence-corrected chi connectivity index (χ2v) is 6.30. The average Bonchev–Trinajstić information content (AvgIpc) is 2.42. The van der Waals surface area contributed by atoms with Crippen LogP contribution in [0.5, 0.6) is 0 Å². The molecule has 0 saturated carbocycles. The molecule has 0 aromatic heterocycles. The van der Waals surface area contributed by atoms with E-state index in [1.54, 1.807) is 36.4 Å². The summed E-state index contributed by atoms with van der Waals surface area (Å²) < 4.78 is 27.0. The first-order valence-electron chi connectivity index (χ1n) is 6.48. The molecule has 0 spiro atoms. The van der Waals surface area contributed by atoms with Gasteiger partial charge in [-0.05, 0) is 48.4 Å². The lowest BCUT2D eigenvalue weighted by Crippen LogP contribution is -2.12. The fourth-order valence-corrected chi connectivity index (χ4v) is 2.95. The Morgan fingerprint density at radius 2 is 1.60 bits per heavy atom. The minimum Gasteiger partial charge on any atom is -0.399 e. The van der Waals surface area contributed by atoms with Gasteiger partial charge in [0.15, 0.2) is 0 Å². The van der Waals surface area contributed by atoms with Crippen LogP contribution in [-0.2, 0) is 16.4 Å². The Labute approximate surface area is 119 Å². The molecule has 2 rings (SSSR count). The molecule has 0 aliphatic rings. The molecule has 0 saturated heterocycles. The predicted molar refractivity (Wildman–Crippen MR) is 82.1 cm³/mol. The van der Waals surface area contributed by atoms with Gasteiger partial charge < -0.3 is 5.73 Å². The van der Waals surface area contributed by atoms with Crippen molar-refractivity contribution >= 4 is 21.4 Å². The maximum Gasteiger partial charge on any atom is 0.261 e. The summed E-state index contributed by atoms with van der Waals surface area (Å²) in [6.07, 6.45) is 1.99. The summed E-state index contributed by atoms with van der Waals surface area (Å²) in [6, 6.07) is 13.5. The van der Waals surface area contributed by atoms with Gasteiger partial charge in [-0.3, -0.25) is 4.72 Å². The molecule has 0 aliphatic carbocycles. The predicted octanol–water partition coefficient (Wildman–Crippen LogP) is 3.02. The van der Waals surface area contributed by atoms with Gasteiger partial charge in [0.1, 0.15) is 0 Å². The highest BCUT2D eigenvalue weighted by Crippen LogP contribution is 2.18. The molecule has 0 heterocycles. The van der Waals surface area contributed by atoms with Gasteiger partial charge in [-0.25, -0.2) is 8.42 Å². The Hall–Kier alpha value is -2.01. The third-order valence-electron chi connectivity index (χ3n) is 2.94. The van der Waals surface area contributed by atoms with Gasteiger partial charge in [0, 0.05) is 11.4 Å². The summed E-state index contributed by atoms with van der Waals surface area (Å²) in [5, 5.41) is 0. The maximum absolute atomic E-state index is 12.2. The molecule has 20 heavy (non-hydrogen) atoms. The van der Waals surface area contributed by atoms with Crippen molar-refractivity contribution in [3.63, 3.8) is 0 Å². The molecule has 0 aliphatic heterocycles. The summed E-state index contributed by atoms with van der Waals surface area (Å²) >= 11 is 0. The molecule has 5 heteroatoms. The van der Waals surface area contributed by atoms with Gasteiger partial charge in [0.25, 0.3) is 10.0 Å². The lowest BCUT2D eigenvalue weighted by molar-refractivity contribution is 0.601. The topological polar surface area (TPSA) is 72.2 Å². The van der Waals surface area contributed by atoms with Crippen molar-refractivity contribution in [2.75, 3.05) is 10.5 Å². The fourth-order valence-electron chi connectivity index (χ4n) is 1.89. The van der Waals surface area contributed by atoms with Crippen LogP contribution in [-0.4, -0.2) is 8.42 Å². The molecule has 0 unspecified atom stereocenters. The Morgan fingerprint density at radius 3 is 2.15 bits per heavy atom. The van der Waals surface area contributed by atoms with E-state index in [9.17, 15) is 8.42 Å². The van der Waals surface area contributed by atoms with Crippen LogP contribution < -0.4 is 10.5 Å². The zero-order valence-corrected chi connectivity index (χ0v) is 12.2. The van der Waals surface area contributed by atoms with E-state index in [1.807, 2.05) is 12.1 Å². The van der Waals surface area contributed by atoms with Gasteiger partial charge in [0.05, 0.1) is 4.90 Å². The summed E-state index contributed by atoms with van der Waals surface area (Å²) in [5.74, 6) is 0. The second kappa shape index (κ2) is 5.96. The number of nitrogens with one attached hydrogen (secondary N) is 1. The zero-order valence-electron chi connectivity index (χ0n) is 11.3. The molecular formula is C15H18N2O2S. The SMILES string of the molecule is CCCc1ccc(S(=O)(=O)Nc2ccc(N)cc2)cc1. The van der Waals surface area contributed by atoms with Crippen LogP contribution in [0.15, 0.2) is 53.4 Å². The van der Waals surface area contributed by atoms with Gasteiger partial charge >= 0.3 is 0 Å². The molecule has 0 radical (unpaired) electrons. The van der Waals surface area contributed by atoms with Crippen LogP contribution in [0.3, 0.4) is 0 Å². The van der Waals surface area contributed by atoms with Crippen LogP contribution in [0, 0.1) is 0 Å². The normalized spacial score (nSPS) is 11.2. The molecule has 0 atom stereocenters. The number of anilines is 2. The molecule has 0 bridgehead atoms. The first-order valence-corrected chi connectivity index (χ1v) is 7.97. The van der Waals surface area contributed by atoms with E-state index in [-0.39, 0.29) is 4.90 Å². The van der Waals surface area contributed by atoms with Crippen LogP contribution in [0.2, 0.25) is 0 Å². The number of nitrogens with two attached hydrogens (primary N) is 1. The van der Waals surface area contributed by atoms with Gasteiger partial charge in [0.2, 0.25) is 0 Å². The monoisotopic (exact) mass is 290 g/mol. The summed E-state index contributed by atoms with van der Waals surface area (Å²) in [7, 11) is -3.55. The summed E-state index contributed by atoms with van der Waals surface area (Å²) in [5.41, 5.74) is 7.80. The van der Waals surface area contributed by atoms with Crippen molar-refractivity contribution in [3.8, 4) is 0 Å². The van der Waals surface area contributed by atoms with Crippen molar-refractivity contribution in [1.82, 2.24) is 0 Å². The quantitative estimate of drug-likeness (QED) is 0.831. The second-order valence-electron chi connectivity index (χ2n) is 4.62. The Morgan fingerprint density at radius 1 is 1.00 bits per heavy atom. The van der Waals surface area contributed by atoms with Crippen molar-refractivity contribution < 1.29 is 8.42 Å². The third-order valence-corrected chi connectivity index (χ3v) is 4.33. The van der Waals surface area contributed by atoms with Gasteiger partial charge in [-0.15, -0.1) is 0 Å². The Bertz CT molecular complexity index is 662.